The highest BCUT2D eigenvalue weighted by molar-refractivity contribution is 6.07. The fraction of sp³-hybridized carbons (Fsp3) is 0.429. The zero-order valence-electron chi connectivity index (χ0n) is 21.3. The van der Waals surface area contributed by atoms with Gasteiger partial charge in [-0.15, -0.1) is 0 Å². The molecular formula is C28H33FN4O3. The number of aliphatic imine (C=N–C) groups is 1. The number of allylic oxidation sites excluding steroid dienone is 1. The second-order valence-electron chi connectivity index (χ2n) is 10.7. The summed E-state index contributed by atoms with van der Waals surface area (Å²) in [5, 5.41) is 0. The number of rotatable bonds is 3. The van der Waals surface area contributed by atoms with Crippen LogP contribution in [-0.4, -0.2) is 46.2 Å². The van der Waals surface area contributed by atoms with Crippen LogP contribution in [0.5, 0.6) is 0 Å². The maximum absolute atomic E-state index is 14.1. The van der Waals surface area contributed by atoms with Crippen molar-refractivity contribution in [1.82, 2.24) is 9.88 Å². The maximum atomic E-state index is 14.1. The van der Waals surface area contributed by atoms with Gasteiger partial charge in [-0.3, -0.25) is 14.8 Å². The van der Waals surface area contributed by atoms with E-state index in [2.05, 4.69) is 4.98 Å². The lowest BCUT2D eigenvalue weighted by atomic mass is 9.58. The number of aryl methyl sites for hydroxylation is 1. The van der Waals surface area contributed by atoms with Gasteiger partial charge < -0.3 is 15.4 Å². The van der Waals surface area contributed by atoms with E-state index in [-0.39, 0.29) is 24.1 Å². The number of halogens is 1. The molecule has 0 radical (unpaired) electrons. The standard InChI is InChI=1S/C28H33FN4O3/c1-18-9-11-31-24(13-18)25(34)28-15-19(16-30)23(32-22-7-5-21(29)6-8-22)14-20(28)10-12-33(17-28)26(35)36-27(2,3)4/h5-9,11,13,16,20H,10,12,14-15,17,30H2,1-4H3/t20-,28-/m0/s1. The first-order valence-corrected chi connectivity index (χ1v) is 12.2. The molecule has 2 atom stereocenters. The van der Waals surface area contributed by atoms with Crippen LogP contribution in [0.1, 0.15) is 56.1 Å². The molecule has 4 rings (SSSR count). The molecule has 1 saturated heterocycles. The van der Waals surface area contributed by atoms with Crippen LogP contribution in [0, 0.1) is 24.1 Å². The average molecular weight is 493 g/mol. The molecule has 2 fully saturated rings. The Balaban J connectivity index is 1.73. The second-order valence-corrected chi connectivity index (χ2v) is 10.7. The van der Waals surface area contributed by atoms with Crippen molar-refractivity contribution in [2.45, 2.75) is 52.6 Å². The highest BCUT2D eigenvalue weighted by Crippen LogP contribution is 2.49. The molecule has 7 nitrogen and oxygen atoms in total. The van der Waals surface area contributed by atoms with Crippen LogP contribution in [0.3, 0.4) is 0 Å². The normalized spacial score (nSPS) is 24.5. The van der Waals surface area contributed by atoms with E-state index in [1.54, 1.807) is 29.3 Å². The molecule has 2 aromatic rings. The number of likely N-dealkylation sites (tertiary alicyclic amines) is 1. The van der Waals surface area contributed by atoms with E-state index in [1.807, 2.05) is 33.8 Å². The molecule has 2 N–H and O–H groups in total. The summed E-state index contributed by atoms with van der Waals surface area (Å²) >= 11 is 0. The Labute approximate surface area is 211 Å². The van der Waals surface area contributed by atoms with Crippen molar-refractivity contribution in [3.05, 3.63) is 71.4 Å². The van der Waals surface area contributed by atoms with Gasteiger partial charge in [-0.1, -0.05) is 0 Å². The fourth-order valence-corrected chi connectivity index (χ4v) is 5.12. The molecular weight excluding hydrogens is 459 g/mol. The maximum Gasteiger partial charge on any atom is 0.410 e. The van der Waals surface area contributed by atoms with Gasteiger partial charge in [0.1, 0.15) is 17.1 Å². The summed E-state index contributed by atoms with van der Waals surface area (Å²) in [4.78, 5) is 37.9. The van der Waals surface area contributed by atoms with Crippen molar-refractivity contribution in [3.63, 3.8) is 0 Å². The van der Waals surface area contributed by atoms with Crippen LogP contribution >= 0.6 is 0 Å². The first-order valence-electron chi connectivity index (χ1n) is 12.2. The van der Waals surface area contributed by atoms with Crippen LogP contribution in [0.25, 0.3) is 0 Å². The van der Waals surface area contributed by atoms with Crippen molar-refractivity contribution in [2.24, 2.45) is 22.1 Å². The summed E-state index contributed by atoms with van der Waals surface area (Å²) in [5.41, 5.74) is 7.95. The smallest absolute Gasteiger partial charge is 0.410 e. The number of aromatic nitrogens is 1. The highest BCUT2D eigenvalue weighted by atomic mass is 19.1. The molecule has 1 aromatic carbocycles. The predicted octanol–water partition coefficient (Wildman–Crippen LogP) is 5.36. The molecule has 8 heteroatoms. The predicted molar refractivity (Wildman–Crippen MR) is 137 cm³/mol. The Bertz CT molecular complexity index is 1220. The van der Waals surface area contributed by atoms with Gasteiger partial charge in [0.25, 0.3) is 0 Å². The number of Topliss-reactive ketones (excluding diaryl/α,β-unsaturated/α-hetero) is 1. The monoisotopic (exact) mass is 492 g/mol. The Morgan fingerprint density at radius 1 is 1.25 bits per heavy atom. The SMILES string of the molecule is Cc1ccnc(C(=O)[C@]23CC(=CN)C(=Nc4ccc(F)cc4)C[C@@H]2CCN(C(=O)OC(C)(C)C)C3)c1. The zero-order chi connectivity index (χ0) is 26.1. The number of carbonyl (C=O) groups is 2. The number of fused-ring (bicyclic) bond motifs is 1. The lowest BCUT2D eigenvalue weighted by Crippen LogP contribution is -2.58. The van der Waals surface area contributed by atoms with E-state index in [4.69, 9.17) is 15.5 Å². The number of piperidine rings is 1. The number of nitrogens with zero attached hydrogens (tertiary/aromatic N) is 3. The number of hydrogen-bond donors (Lipinski definition) is 1. The molecule has 1 aliphatic carbocycles. The molecule has 1 amide bonds. The molecule has 1 aliphatic heterocycles. The van der Waals surface area contributed by atoms with Gasteiger partial charge >= 0.3 is 6.09 Å². The fourth-order valence-electron chi connectivity index (χ4n) is 5.12. The van der Waals surface area contributed by atoms with E-state index in [9.17, 15) is 14.0 Å². The van der Waals surface area contributed by atoms with Crippen molar-refractivity contribution in [2.75, 3.05) is 13.1 Å². The van der Waals surface area contributed by atoms with Gasteiger partial charge in [0, 0.05) is 25.0 Å². The van der Waals surface area contributed by atoms with Gasteiger partial charge in [0.15, 0.2) is 5.78 Å². The van der Waals surface area contributed by atoms with E-state index in [0.29, 0.717) is 37.2 Å². The quantitative estimate of drug-likeness (QED) is 0.582. The second kappa shape index (κ2) is 9.84. The first-order chi connectivity index (χ1) is 17.0. The Hall–Kier alpha value is -3.55. The van der Waals surface area contributed by atoms with Gasteiger partial charge in [-0.05, 0) is 107 Å². The number of ether oxygens (including phenoxy) is 1. The third kappa shape index (κ3) is 5.32. The van der Waals surface area contributed by atoms with Crippen molar-refractivity contribution >= 4 is 23.3 Å². The van der Waals surface area contributed by atoms with Crippen LogP contribution in [0.4, 0.5) is 14.9 Å². The van der Waals surface area contributed by atoms with Crippen molar-refractivity contribution in [1.29, 1.82) is 0 Å². The van der Waals surface area contributed by atoms with Crippen LogP contribution in [0.2, 0.25) is 0 Å². The highest BCUT2D eigenvalue weighted by Gasteiger charge is 2.54. The Kier molecular flexibility index (Phi) is 6.98. The number of benzene rings is 1. The van der Waals surface area contributed by atoms with Crippen LogP contribution in [-0.2, 0) is 4.74 Å². The lowest BCUT2D eigenvalue weighted by molar-refractivity contribution is -0.00832. The van der Waals surface area contributed by atoms with E-state index in [1.165, 1.54) is 18.3 Å². The number of ketones is 1. The van der Waals surface area contributed by atoms with E-state index in [0.717, 1.165) is 16.8 Å². The third-order valence-electron chi connectivity index (χ3n) is 6.86. The van der Waals surface area contributed by atoms with Crippen LogP contribution < -0.4 is 5.73 Å². The topological polar surface area (TPSA) is 97.9 Å². The zero-order valence-corrected chi connectivity index (χ0v) is 21.3. The number of hydrogen-bond acceptors (Lipinski definition) is 6. The van der Waals surface area contributed by atoms with Gasteiger partial charge in [-0.2, -0.15) is 0 Å². The summed E-state index contributed by atoms with van der Waals surface area (Å²) < 4.78 is 19.0. The molecule has 1 saturated carbocycles. The number of amides is 1. The van der Waals surface area contributed by atoms with Gasteiger partial charge in [-0.25, -0.2) is 9.18 Å². The van der Waals surface area contributed by atoms with E-state index < -0.39 is 17.1 Å². The summed E-state index contributed by atoms with van der Waals surface area (Å²) in [5.74, 6) is -0.513. The summed E-state index contributed by atoms with van der Waals surface area (Å²) in [6, 6.07) is 9.60. The molecule has 2 aliphatic rings. The van der Waals surface area contributed by atoms with Gasteiger partial charge in [0.2, 0.25) is 0 Å². The minimum Gasteiger partial charge on any atom is -0.444 e. The summed E-state index contributed by atoms with van der Waals surface area (Å²) in [7, 11) is 0. The molecule has 0 spiro atoms. The van der Waals surface area contributed by atoms with Crippen molar-refractivity contribution in [3.8, 4) is 0 Å². The molecule has 1 aromatic heterocycles. The number of nitrogens with two attached hydrogens (primary N) is 1. The third-order valence-corrected chi connectivity index (χ3v) is 6.86. The number of carbonyl (C=O) groups excluding carboxylic acids is 2. The minimum atomic E-state index is -0.914. The largest absolute Gasteiger partial charge is 0.444 e. The molecule has 0 bridgehead atoms. The summed E-state index contributed by atoms with van der Waals surface area (Å²) in [6.45, 7) is 8.07. The van der Waals surface area contributed by atoms with Crippen molar-refractivity contribution < 1.29 is 18.7 Å². The lowest BCUT2D eigenvalue weighted by Gasteiger charge is -2.50. The first kappa shape index (κ1) is 25.5. The molecule has 190 valence electrons. The Morgan fingerprint density at radius 3 is 2.61 bits per heavy atom. The molecule has 0 unspecified atom stereocenters. The summed E-state index contributed by atoms with van der Waals surface area (Å²) in [6.07, 6.45) is 4.13. The molecule has 36 heavy (non-hydrogen) atoms. The minimum absolute atomic E-state index is 0.0751. The van der Waals surface area contributed by atoms with E-state index >= 15 is 0 Å². The van der Waals surface area contributed by atoms with Crippen LogP contribution in [0.15, 0.2) is 59.4 Å². The van der Waals surface area contributed by atoms with Gasteiger partial charge in [0.05, 0.1) is 11.1 Å². The average Bonchev–Trinajstić information content (AvgIpc) is 2.83. The number of pyridine rings is 1. The molecule has 2 heterocycles. The Morgan fingerprint density at radius 2 is 1.97 bits per heavy atom.